The molecule has 1 aromatic carbocycles. The van der Waals surface area contributed by atoms with E-state index in [1.54, 1.807) is 18.2 Å². The maximum absolute atomic E-state index is 14.1. The Morgan fingerprint density at radius 1 is 1.19 bits per heavy atom. The first-order valence-corrected chi connectivity index (χ1v) is 11.0. The van der Waals surface area contributed by atoms with E-state index in [0.717, 1.165) is 50.0 Å². The third kappa shape index (κ3) is 3.78. The molecule has 1 aliphatic carbocycles. The number of carbonyl (C=O) groups is 1. The highest BCUT2D eigenvalue weighted by Crippen LogP contribution is 2.27. The second-order valence-corrected chi connectivity index (χ2v) is 8.80. The fourth-order valence-electron chi connectivity index (χ4n) is 5.12. The van der Waals surface area contributed by atoms with Crippen LogP contribution in [0.3, 0.4) is 0 Å². The average Bonchev–Trinajstić information content (AvgIpc) is 3.24. The number of nitrogens with one attached hydrogen (secondary N) is 2. The van der Waals surface area contributed by atoms with E-state index in [-0.39, 0.29) is 23.3 Å². The van der Waals surface area contributed by atoms with Gasteiger partial charge >= 0.3 is 0 Å². The number of pyridine rings is 1. The van der Waals surface area contributed by atoms with E-state index in [1.165, 1.54) is 6.07 Å². The third-order valence-corrected chi connectivity index (χ3v) is 6.81. The predicted octanol–water partition coefficient (Wildman–Crippen LogP) is 3.33. The summed E-state index contributed by atoms with van der Waals surface area (Å²) in [7, 11) is 0. The normalized spacial score (nSPS) is 21.7. The SMILES string of the molecule is Cc1ccc(F)c2cc(C(=O)N[C@@H]3CCC[C@H](N4CCn5c(cccc5=O)C4)C3)[nH]c12. The molecule has 7 heteroatoms. The van der Waals surface area contributed by atoms with Crippen molar-refractivity contribution in [1.82, 2.24) is 19.8 Å². The van der Waals surface area contributed by atoms with Crippen molar-refractivity contribution in [1.29, 1.82) is 0 Å². The Morgan fingerprint density at radius 3 is 2.90 bits per heavy atom. The van der Waals surface area contributed by atoms with Crippen LogP contribution >= 0.6 is 0 Å². The number of aromatic amines is 1. The molecular formula is C24H27FN4O2. The van der Waals surface area contributed by atoms with Crippen LogP contribution in [-0.2, 0) is 13.1 Å². The van der Waals surface area contributed by atoms with E-state index in [9.17, 15) is 14.0 Å². The molecule has 162 valence electrons. The van der Waals surface area contributed by atoms with Crippen molar-refractivity contribution in [3.8, 4) is 0 Å². The summed E-state index contributed by atoms with van der Waals surface area (Å²) in [5, 5.41) is 3.61. The van der Waals surface area contributed by atoms with Gasteiger partial charge in [0.15, 0.2) is 0 Å². The quantitative estimate of drug-likeness (QED) is 0.680. The van der Waals surface area contributed by atoms with Gasteiger partial charge in [-0.2, -0.15) is 0 Å². The van der Waals surface area contributed by atoms with E-state index in [2.05, 4.69) is 15.2 Å². The average molecular weight is 423 g/mol. The molecule has 0 saturated heterocycles. The summed E-state index contributed by atoms with van der Waals surface area (Å²) in [6.45, 7) is 4.23. The number of nitrogens with zero attached hydrogens (tertiary/aromatic N) is 2. The topological polar surface area (TPSA) is 70.1 Å². The maximum atomic E-state index is 14.1. The van der Waals surface area contributed by atoms with Gasteiger partial charge in [-0.05, 0) is 56.4 Å². The Morgan fingerprint density at radius 2 is 2.06 bits per heavy atom. The molecule has 2 aromatic heterocycles. The van der Waals surface area contributed by atoms with Crippen LogP contribution in [0.4, 0.5) is 4.39 Å². The van der Waals surface area contributed by atoms with Crippen molar-refractivity contribution in [2.24, 2.45) is 0 Å². The van der Waals surface area contributed by atoms with Gasteiger partial charge in [0.25, 0.3) is 11.5 Å². The number of rotatable bonds is 3. The Bertz CT molecular complexity index is 1160. The van der Waals surface area contributed by atoms with Crippen LogP contribution in [0.1, 0.15) is 47.4 Å². The lowest BCUT2D eigenvalue weighted by atomic mass is 9.89. The molecule has 0 radical (unpaired) electrons. The smallest absolute Gasteiger partial charge is 0.267 e. The maximum Gasteiger partial charge on any atom is 0.267 e. The molecule has 31 heavy (non-hydrogen) atoms. The van der Waals surface area contributed by atoms with Gasteiger partial charge in [-0.1, -0.05) is 12.1 Å². The predicted molar refractivity (Wildman–Crippen MR) is 118 cm³/mol. The Hall–Kier alpha value is -2.93. The Balaban J connectivity index is 1.27. The van der Waals surface area contributed by atoms with E-state index in [1.807, 2.05) is 23.6 Å². The zero-order valence-electron chi connectivity index (χ0n) is 17.7. The molecule has 1 aliphatic heterocycles. The van der Waals surface area contributed by atoms with Crippen molar-refractivity contribution in [2.75, 3.05) is 6.54 Å². The van der Waals surface area contributed by atoms with Crippen molar-refractivity contribution in [3.05, 3.63) is 69.5 Å². The van der Waals surface area contributed by atoms with Gasteiger partial charge in [-0.25, -0.2) is 4.39 Å². The van der Waals surface area contributed by atoms with Crippen molar-refractivity contribution in [3.63, 3.8) is 0 Å². The number of hydrogen-bond acceptors (Lipinski definition) is 3. The summed E-state index contributed by atoms with van der Waals surface area (Å²) >= 11 is 0. The van der Waals surface area contributed by atoms with Gasteiger partial charge in [-0.15, -0.1) is 0 Å². The second-order valence-electron chi connectivity index (χ2n) is 8.80. The van der Waals surface area contributed by atoms with Crippen molar-refractivity contribution < 1.29 is 9.18 Å². The van der Waals surface area contributed by atoms with Gasteiger partial charge < -0.3 is 14.9 Å². The zero-order chi connectivity index (χ0) is 21.5. The van der Waals surface area contributed by atoms with Crippen molar-refractivity contribution in [2.45, 2.75) is 57.8 Å². The van der Waals surface area contributed by atoms with Crippen LogP contribution in [0, 0.1) is 12.7 Å². The monoisotopic (exact) mass is 422 g/mol. The van der Waals surface area contributed by atoms with Crippen LogP contribution in [0.15, 0.2) is 41.2 Å². The minimum atomic E-state index is -0.321. The molecule has 0 spiro atoms. The zero-order valence-corrected chi connectivity index (χ0v) is 17.7. The lowest BCUT2D eigenvalue weighted by Crippen LogP contribution is -2.49. The van der Waals surface area contributed by atoms with E-state index in [0.29, 0.717) is 29.2 Å². The Labute approximate surface area is 180 Å². The molecule has 1 saturated carbocycles. The third-order valence-electron chi connectivity index (χ3n) is 6.81. The molecule has 1 amide bonds. The fourth-order valence-corrected chi connectivity index (χ4v) is 5.12. The number of amides is 1. The van der Waals surface area contributed by atoms with Crippen LogP contribution in [0.5, 0.6) is 0 Å². The van der Waals surface area contributed by atoms with E-state index in [4.69, 9.17) is 0 Å². The highest BCUT2D eigenvalue weighted by atomic mass is 19.1. The molecule has 5 rings (SSSR count). The molecule has 3 heterocycles. The summed E-state index contributed by atoms with van der Waals surface area (Å²) in [4.78, 5) is 30.4. The lowest BCUT2D eigenvalue weighted by Gasteiger charge is -2.40. The first kappa shape index (κ1) is 20.0. The number of hydrogen-bond donors (Lipinski definition) is 2. The number of H-pyrrole nitrogens is 1. The summed E-state index contributed by atoms with van der Waals surface area (Å²) in [6.07, 6.45) is 3.98. The number of aryl methyl sites for hydroxylation is 1. The van der Waals surface area contributed by atoms with Gasteiger partial charge in [0.05, 0.1) is 5.52 Å². The van der Waals surface area contributed by atoms with Gasteiger partial charge in [0, 0.05) is 48.9 Å². The largest absolute Gasteiger partial charge is 0.350 e. The molecule has 2 N–H and O–H groups in total. The molecular weight excluding hydrogens is 395 g/mol. The summed E-state index contributed by atoms with van der Waals surface area (Å²) in [5.74, 6) is -0.505. The lowest BCUT2D eigenvalue weighted by molar-refractivity contribution is 0.0852. The van der Waals surface area contributed by atoms with Crippen LogP contribution in [-0.4, -0.2) is 39.0 Å². The number of fused-ring (bicyclic) bond motifs is 2. The molecule has 3 aromatic rings. The van der Waals surface area contributed by atoms with Gasteiger partial charge in [-0.3, -0.25) is 14.5 Å². The molecule has 0 unspecified atom stereocenters. The molecule has 0 bridgehead atoms. The first-order valence-electron chi connectivity index (χ1n) is 11.0. The van der Waals surface area contributed by atoms with Crippen LogP contribution in [0.25, 0.3) is 10.9 Å². The molecule has 6 nitrogen and oxygen atoms in total. The first-order chi connectivity index (χ1) is 15.0. The van der Waals surface area contributed by atoms with E-state index >= 15 is 0 Å². The number of halogens is 1. The summed E-state index contributed by atoms with van der Waals surface area (Å²) in [6, 6.07) is 10.7. The summed E-state index contributed by atoms with van der Waals surface area (Å²) in [5.41, 5.74) is 3.11. The number of benzene rings is 1. The summed E-state index contributed by atoms with van der Waals surface area (Å²) < 4.78 is 16.0. The van der Waals surface area contributed by atoms with Crippen LogP contribution < -0.4 is 10.9 Å². The minimum Gasteiger partial charge on any atom is -0.350 e. The molecule has 2 atom stereocenters. The molecule has 2 aliphatic rings. The fraction of sp³-hybridized carbons (Fsp3) is 0.417. The Kier molecular flexibility index (Phi) is 5.14. The van der Waals surface area contributed by atoms with Crippen LogP contribution in [0.2, 0.25) is 0 Å². The number of carbonyl (C=O) groups excluding carboxylic acids is 1. The highest BCUT2D eigenvalue weighted by molar-refractivity contribution is 5.99. The standard InChI is InChI=1S/C24H27FN4O2/c1-15-8-9-20(25)19-13-21(27-23(15)19)24(31)26-16-4-2-5-17(12-16)28-10-11-29-18(14-28)6-3-7-22(29)30/h3,6-9,13,16-17,27H,2,4-5,10-12,14H2,1H3,(H,26,31)/t16-,17+/m1/s1. The van der Waals surface area contributed by atoms with Crippen molar-refractivity contribution >= 4 is 16.8 Å². The van der Waals surface area contributed by atoms with Gasteiger partial charge in [0.2, 0.25) is 0 Å². The molecule has 1 fully saturated rings. The highest BCUT2D eigenvalue weighted by Gasteiger charge is 2.30. The minimum absolute atomic E-state index is 0.0657. The van der Waals surface area contributed by atoms with Gasteiger partial charge in [0.1, 0.15) is 11.5 Å². The number of aromatic nitrogens is 2. The van der Waals surface area contributed by atoms with E-state index < -0.39 is 0 Å². The second kappa shape index (κ2) is 7.96.